The van der Waals surface area contributed by atoms with Gasteiger partial charge in [-0.1, -0.05) is 11.6 Å². The number of halogens is 3. The molecule has 0 aromatic carbocycles. The third kappa shape index (κ3) is 3.21. The minimum absolute atomic E-state index is 0.114. The molecule has 2 atom stereocenters. The molecule has 0 amide bonds. The third-order valence-electron chi connectivity index (χ3n) is 3.17. The smallest absolute Gasteiger partial charge is 0.355 e. The summed E-state index contributed by atoms with van der Waals surface area (Å²) in [5, 5.41) is 0. The zero-order valence-electron chi connectivity index (χ0n) is 9.45. The van der Waals surface area contributed by atoms with Gasteiger partial charge in [-0.25, -0.2) is 0 Å². The number of rotatable bonds is 2. The van der Waals surface area contributed by atoms with E-state index >= 15 is 0 Å². The zero-order valence-corrected chi connectivity index (χ0v) is 9.45. The van der Waals surface area contributed by atoms with E-state index in [2.05, 4.69) is 4.99 Å². The van der Waals surface area contributed by atoms with E-state index in [9.17, 15) is 13.2 Å². The van der Waals surface area contributed by atoms with Gasteiger partial charge in [0.1, 0.15) is 6.17 Å². The molecule has 0 aromatic heterocycles. The van der Waals surface area contributed by atoms with Crippen molar-refractivity contribution >= 4 is 6.34 Å². The van der Waals surface area contributed by atoms with Crippen LogP contribution in [0.2, 0.25) is 0 Å². The molecule has 2 rings (SSSR count). The first-order valence-corrected chi connectivity index (χ1v) is 5.72. The second kappa shape index (κ2) is 4.68. The van der Waals surface area contributed by atoms with Gasteiger partial charge in [0.2, 0.25) is 0 Å². The predicted molar refractivity (Wildman–Crippen MR) is 59.5 cm³/mol. The lowest BCUT2D eigenvalue weighted by molar-refractivity contribution is -0.176. The highest BCUT2D eigenvalue weighted by Crippen LogP contribution is 2.37. The Morgan fingerprint density at radius 3 is 2.82 bits per heavy atom. The molecule has 6 heteroatoms. The first kappa shape index (κ1) is 12.4. The fourth-order valence-electron chi connectivity index (χ4n) is 2.28. The lowest BCUT2D eigenvalue weighted by Crippen LogP contribution is -2.32. The Labute approximate surface area is 98.2 Å². The number of hydrogen-bond acceptors (Lipinski definition) is 3. The Morgan fingerprint density at radius 2 is 2.24 bits per heavy atom. The molecule has 1 aliphatic heterocycles. The van der Waals surface area contributed by atoms with Gasteiger partial charge in [0, 0.05) is 6.54 Å². The molecule has 2 N–H and O–H groups in total. The van der Waals surface area contributed by atoms with Gasteiger partial charge in [0.25, 0.3) is 0 Å². The van der Waals surface area contributed by atoms with Crippen LogP contribution >= 0.6 is 0 Å². The molecule has 96 valence electrons. The maximum Gasteiger partial charge on any atom is 0.392 e. The molecule has 0 radical (unpaired) electrons. The molecular weight excluding hydrogens is 231 g/mol. The van der Waals surface area contributed by atoms with Gasteiger partial charge in [-0.2, -0.15) is 13.2 Å². The molecule has 2 aliphatic rings. The molecule has 1 aliphatic carbocycles. The Balaban J connectivity index is 1.90. The van der Waals surface area contributed by atoms with Gasteiger partial charge in [0.15, 0.2) is 0 Å². The monoisotopic (exact) mass is 247 g/mol. The van der Waals surface area contributed by atoms with Gasteiger partial charge in [0.05, 0.1) is 18.8 Å². The van der Waals surface area contributed by atoms with Crippen LogP contribution in [0.25, 0.3) is 0 Å². The van der Waals surface area contributed by atoms with E-state index in [0.29, 0.717) is 19.5 Å². The Morgan fingerprint density at radius 1 is 1.47 bits per heavy atom. The fraction of sp³-hybridized carbons (Fsp3) is 0.727. The van der Waals surface area contributed by atoms with E-state index in [1.807, 2.05) is 11.0 Å². The minimum atomic E-state index is -4.07. The van der Waals surface area contributed by atoms with Crippen LogP contribution in [0, 0.1) is 5.92 Å². The van der Waals surface area contributed by atoms with Crippen molar-refractivity contribution in [1.82, 2.24) is 4.90 Å². The average Bonchev–Trinajstić information content (AvgIpc) is 2.63. The highest BCUT2D eigenvalue weighted by Gasteiger charge is 2.40. The van der Waals surface area contributed by atoms with Crippen molar-refractivity contribution in [3.8, 4) is 0 Å². The minimum Gasteiger partial charge on any atom is -0.355 e. The number of allylic oxidation sites excluding steroid dienone is 1. The molecule has 0 bridgehead atoms. The first-order chi connectivity index (χ1) is 7.95. The highest BCUT2D eigenvalue weighted by molar-refractivity contribution is 5.58. The van der Waals surface area contributed by atoms with Gasteiger partial charge < -0.3 is 10.6 Å². The molecule has 17 heavy (non-hydrogen) atoms. The Bertz CT molecular complexity index is 335. The summed E-state index contributed by atoms with van der Waals surface area (Å²) < 4.78 is 37.8. The van der Waals surface area contributed by atoms with Crippen LogP contribution in [0.1, 0.15) is 19.3 Å². The third-order valence-corrected chi connectivity index (χ3v) is 3.17. The van der Waals surface area contributed by atoms with E-state index in [0.717, 1.165) is 5.57 Å². The van der Waals surface area contributed by atoms with E-state index in [4.69, 9.17) is 5.73 Å². The lowest BCUT2D eigenvalue weighted by atomic mass is 9.88. The summed E-state index contributed by atoms with van der Waals surface area (Å²) >= 11 is 0. The quantitative estimate of drug-likeness (QED) is 0.757. The van der Waals surface area contributed by atoms with Crippen molar-refractivity contribution in [3.05, 3.63) is 11.6 Å². The standard InChI is InChI=1S/C11H16F3N3/c12-11(13,14)9-3-1-2-8(4-9)5-17-6-10(15)16-7-17/h2,7,9-10H,1,3-6,15H2/t9-,10?/m0/s1. The summed E-state index contributed by atoms with van der Waals surface area (Å²) in [4.78, 5) is 5.85. The molecular formula is C11H16F3N3. The predicted octanol–water partition coefficient (Wildman–Crippen LogP) is 1.90. The van der Waals surface area contributed by atoms with Crippen LogP contribution in [0.5, 0.6) is 0 Å². The van der Waals surface area contributed by atoms with Crippen LogP contribution in [0.15, 0.2) is 16.6 Å². The number of nitrogens with zero attached hydrogens (tertiary/aromatic N) is 2. The molecule has 1 unspecified atom stereocenters. The van der Waals surface area contributed by atoms with E-state index in [1.165, 1.54) is 0 Å². The molecule has 1 heterocycles. The number of aliphatic imine (C=N–C) groups is 1. The van der Waals surface area contributed by atoms with Crippen LogP contribution in [0.3, 0.4) is 0 Å². The van der Waals surface area contributed by atoms with E-state index < -0.39 is 12.1 Å². The molecule has 3 nitrogen and oxygen atoms in total. The summed E-state index contributed by atoms with van der Waals surface area (Å²) in [7, 11) is 0. The van der Waals surface area contributed by atoms with Crippen molar-refractivity contribution < 1.29 is 13.2 Å². The van der Waals surface area contributed by atoms with Gasteiger partial charge in [-0.15, -0.1) is 0 Å². The van der Waals surface area contributed by atoms with Crippen LogP contribution in [-0.2, 0) is 0 Å². The number of alkyl halides is 3. The topological polar surface area (TPSA) is 41.6 Å². The van der Waals surface area contributed by atoms with Crippen molar-refractivity contribution in [1.29, 1.82) is 0 Å². The zero-order chi connectivity index (χ0) is 12.5. The molecule has 0 spiro atoms. The summed E-state index contributed by atoms with van der Waals surface area (Å²) in [6, 6.07) is 0. The molecule has 0 saturated heterocycles. The van der Waals surface area contributed by atoms with Gasteiger partial charge in [-0.05, 0) is 19.3 Å². The number of nitrogens with two attached hydrogens (primary N) is 1. The summed E-state index contributed by atoms with van der Waals surface area (Å²) in [6.07, 6.45) is 0.0651. The van der Waals surface area contributed by atoms with Crippen molar-refractivity contribution in [2.24, 2.45) is 16.6 Å². The van der Waals surface area contributed by atoms with Gasteiger partial charge in [-0.3, -0.25) is 4.99 Å². The molecule has 0 saturated carbocycles. The van der Waals surface area contributed by atoms with Crippen LogP contribution in [0.4, 0.5) is 13.2 Å². The largest absolute Gasteiger partial charge is 0.392 e. The summed E-state index contributed by atoms with van der Waals surface area (Å²) in [6.45, 7) is 1.11. The first-order valence-electron chi connectivity index (χ1n) is 5.72. The van der Waals surface area contributed by atoms with Crippen molar-refractivity contribution in [2.45, 2.75) is 31.6 Å². The normalized spacial score (nSPS) is 29.6. The fourth-order valence-corrected chi connectivity index (χ4v) is 2.28. The molecule has 0 fully saturated rings. The summed E-state index contributed by atoms with van der Waals surface area (Å²) in [5.41, 5.74) is 6.43. The van der Waals surface area contributed by atoms with Crippen molar-refractivity contribution in [2.75, 3.05) is 13.1 Å². The maximum absolute atomic E-state index is 12.6. The summed E-state index contributed by atoms with van der Waals surface area (Å²) in [5.74, 6) is -1.18. The average molecular weight is 247 g/mol. The van der Waals surface area contributed by atoms with E-state index in [-0.39, 0.29) is 19.0 Å². The number of hydrogen-bond donors (Lipinski definition) is 1. The Kier molecular flexibility index (Phi) is 3.42. The maximum atomic E-state index is 12.6. The Hall–Kier alpha value is -1.04. The van der Waals surface area contributed by atoms with Crippen LogP contribution < -0.4 is 5.73 Å². The van der Waals surface area contributed by atoms with Crippen molar-refractivity contribution in [3.63, 3.8) is 0 Å². The molecule has 0 aromatic rings. The van der Waals surface area contributed by atoms with Gasteiger partial charge >= 0.3 is 6.18 Å². The SMILES string of the molecule is NC1CN(CC2=CCC[C@H](C(F)(F)F)C2)C=N1. The van der Waals surface area contributed by atoms with Crippen LogP contribution in [-0.4, -0.2) is 36.7 Å². The highest BCUT2D eigenvalue weighted by atomic mass is 19.4. The lowest BCUT2D eigenvalue weighted by Gasteiger charge is -2.27. The second-order valence-electron chi connectivity index (χ2n) is 4.64. The second-order valence-corrected chi connectivity index (χ2v) is 4.64. The van der Waals surface area contributed by atoms with E-state index in [1.54, 1.807) is 6.34 Å².